The summed E-state index contributed by atoms with van der Waals surface area (Å²) in [5.74, 6) is -0.770. The molecule has 0 radical (unpaired) electrons. The number of carbonyl (C=O) groups is 2. The van der Waals surface area contributed by atoms with E-state index in [9.17, 15) is 9.59 Å². The highest BCUT2D eigenvalue weighted by Crippen LogP contribution is 2.26. The first kappa shape index (κ1) is 17.8. The van der Waals surface area contributed by atoms with Crippen LogP contribution in [0, 0.1) is 0 Å². The van der Waals surface area contributed by atoms with Gasteiger partial charge in [0.15, 0.2) is 0 Å². The lowest BCUT2D eigenvalue weighted by atomic mass is 10.1. The van der Waals surface area contributed by atoms with E-state index in [0.29, 0.717) is 32.7 Å². The third-order valence-electron chi connectivity index (χ3n) is 4.31. The fourth-order valence-electron chi connectivity index (χ4n) is 3.14. The van der Waals surface area contributed by atoms with Crippen molar-refractivity contribution in [1.82, 2.24) is 9.80 Å². The lowest BCUT2D eigenvalue weighted by Crippen LogP contribution is -2.50. The van der Waals surface area contributed by atoms with E-state index in [-0.39, 0.29) is 18.6 Å². The molecule has 1 aliphatic rings. The number of ether oxygens (including phenoxy) is 1. The number of likely N-dealkylation sites (N-methyl/N-ethyl adjacent to an activating group) is 1. The smallest absolute Gasteiger partial charge is 0.317 e. The number of morpholine rings is 1. The molecular weight excluding hydrogens is 340 g/mol. The van der Waals surface area contributed by atoms with Crippen LogP contribution in [-0.4, -0.2) is 72.7 Å². The second-order valence-corrected chi connectivity index (χ2v) is 7.27. The Morgan fingerprint density at radius 2 is 2.20 bits per heavy atom. The van der Waals surface area contributed by atoms with E-state index >= 15 is 0 Å². The number of aliphatic carboxylic acids is 1. The van der Waals surface area contributed by atoms with Crippen LogP contribution in [0.15, 0.2) is 29.6 Å². The maximum Gasteiger partial charge on any atom is 0.317 e. The Labute approximate surface area is 150 Å². The molecule has 1 saturated heterocycles. The van der Waals surface area contributed by atoms with Gasteiger partial charge < -0.3 is 14.7 Å². The number of carboxylic acid groups (broad SMARTS) is 1. The van der Waals surface area contributed by atoms with E-state index < -0.39 is 5.97 Å². The molecule has 0 aliphatic carbocycles. The maximum atomic E-state index is 12.7. The molecule has 134 valence electrons. The Balaban J connectivity index is 1.59. The Bertz CT molecular complexity index is 760. The SMILES string of the molecule is CN(CC(=O)O)CC1CN(C(=O)Cc2csc3ccccc23)CCO1. The summed E-state index contributed by atoms with van der Waals surface area (Å²) in [4.78, 5) is 27.0. The lowest BCUT2D eigenvalue weighted by molar-refractivity contribution is -0.142. The molecule has 1 atom stereocenters. The standard InChI is InChI=1S/C18H22N2O4S/c1-19(11-18(22)23)9-14-10-20(6-7-24-14)17(21)8-13-12-25-16-5-3-2-4-15(13)16/h2-5,12,14H,6-11H2,1H3,(H,22,23). The number of hydrogen-bond donors (Lipinski definition) is 1. The topological polar surface area (TPSA) is 70.1 Å². The van der Waals surface area contributed by atoms with Crippen molar-refractivity contribution in [2.45, 2.75) is 12.5 Å². The van der Waals surface area contributed by atoms with Crippen molar-refractivity contribution in [3.63, 3.8) is 0 Å². The highest BCUT2D eigenvalue weighted by Gasteiger charge is 2.26. The molecule has 2 aromatic rings. The number of benzene rings is 1. The molecule has 2 heterocycles. The summed E-state index contributed by atoms with van der Waals surface area (Å²) in [6.45, 7) is 2.04. The lowest BCUT2D eigenvalue weighted by Gasteiger charge is -2.34. The summed E-state index contributed by atoms with van der Waals surface area (Å²) < 4.78 is 6.88. The molecule has 6 nitrogen and oxygen atoms in total. The predicted octanol–water partition coefficient (Wildman–Crippen LogP) is 1.69. The average molecular weight is 362 g/mol. The van der Waals surface area contributed by atoms with Crippen LogP contribution in [0.3, 0.4) is 0 Å². The van der Waals surface area contributed by atoms with Gasteiger partial charge in [0.2, 0.25) is 5.91 Å². The molecule has 1 aromatic carbocycles. The Morgan fingerprint density at radius 3 is 3.00 bits per heavy atom. The molecule has 0 bridgehead atoms. The summed E-state index contributed by atoms with van der Waals surface area (Å²) in [6, 6.07) is 8.12. The number of hydrogen-bond acceptors (Lipinski definition) is 5. The van der Waals surface area contributed by atoms with Crippen LogP contribution >= 0.6 is 11.3 Å². The highest BCUT2D eigenvalue weighted by molar-refractivity contribution is 7.17. The molecule has 25 heavy (non-hydrogen) atoms. The first-order valence-electron chi connectivity index (χ1n) is 8.27. The van der Waals surface area contributed by atoms with Crippen LogP contribution in [0.2, 0.25) is 0 Å². The van der Waals surface area contributed by atoms with Crippen LogP contribution in [0.1, 0.15) is 5.56 Å². The minimum absolute atomic E-state index is 0.0330. The summed E-state index contributed by atoms with van der Waals surface area (Å²) in [7, 11) is 1.75. The Hall–Kier alpha value is -1.96. The van der Waals surface area contributed by atoms with E-state index in [2.05, 4.69) is 17.5 Å². The zero-order valence-corrected chi connectivity index (χ0v) is 15.0. The molecule has 1 amide bonds. The summed E-state index contributed by atoms with van der Waals surface area (Å²) in [6.07, 6.45) is 0.239. The van der Waals surface area contributed by atoms with Crippen molar-refractivity contribution in [2.24, 2.45) is 0 Å². The number of thiophene rings is 1. The first-order valence-corrected chi connectivity index (χ1v) is 9.15. The van der Waals surface area contributed by atoms with Crippen LogP contribution in [0.5, 0.6) is 0 Å². The highest BCUT2D eigenvalue weighted by atomic mass is 32.1. The van der Waals surface area contributed by atoms with Crippen molar-refractivity contribution in [3.8, 4) is 0 Å². The largest absolute Gasteiger partial charge is 0.480 e. The van der Waals surface area contributed by atoms with Crippen molar-refractivity contribution in [1.29, 1.82) is 0 Å². The fraction of sp³-hybridized carbons (Fsp3) is 0.444. The van der Waals surface area contributed by atoms with E-state index in [1.165, 1.54) is 4.70 Å². The fourth-order valence-corrected chi connectivity index (χ4v) is 4.11. The van der Waals surface area contributed by atoms with Crippen LogP contribution in [-0.2, 0) is 20.7 Å². The third-order valence-corrected chi connectivity index (χ3v) is 5.33. The number of carboxylic acids is 1. The van der Waals surface area contributed by atoms with Gasteiger partial charge in [0.25, 0.3) is 0 Å². The van der Waals surface area contributed by atoms with Gasteiger partial charge in [-0.3, -0.25) is 14.5 Å². The average Bonchev–Trinajstić information content (AvgIpc) is 2.97. The maximum absolute atomic E-state index is 12.7. The van der Waals surface area contributed by atoms with Gasteiger partial charge in [-0.1, -0.05) is 18.2 Å². The second kappa shape index (κ2) is 7.95. The second-order valence-electron chi connectivity index (χ2n) is 6.36. The van der Waals surface area contributed by atoms with Gasteiger partial charge in [-0.2, -0.15) is 0 Å². The minimum atomic E-state index is -0.865. The molecule has 1 N–H and O–H groups in total. The van der Waals surface area contributed by atoms with Gasteiger partial charge in [0, 0.05) is 24.3 Å². The van der Waals surface area contributed by atoms with Crippen LogP contribution < -0.4 is 0 Å². The summed E-state index contributed by atoms with van der Waals surface area (Å²) in [5, 5.41) is 12.0. The van der Waals surface area contributed by atoms with E-state index in [1.54, 1.807) is 23.3 Å². The quantitative estimate of drug-likeness (QED) is 0.847. The molecule has 7 heteroatoms. The molecule has 1 aromatic heterocycles. The van der Waals surface area contributed by atoms with Crippen LogP contribution in [0.25, 0.3) is 10.1 Å². The molecular formula is C18H22N2O4S. The molecule has 0 saturated carbocycles. The molecule has 3 rings (SSSR count). The monoisotopic (exact) mass is 362 g/mol. The van der Waals surface area contributed by atoms with Crippen molar-refractivity contribution < 1.29 is 19.4 Å². The normalized spacial score (nSPS) is 18.0. The van der Waals surface area contributed by atoms with E-state index in [4.69, 9.17) is 9.84 Å². The van der Waals surface area contributed by atoms with Gasteiger partial charge in [-0.25, -0.2) is 0 Å². The zero-order valence-electron chi connectivity index (χ0n) is 14.2. The van der Waals surface area contributed by atoms with E-state index in [0.717, 1.165) is 10.9 Å². The number of rotatable bonds is 6. The van der Waals surface area contributed by atoms with Gasteiger partial charge >= 0.3 is 5.97 Å². The molecule has 1 fully saturated rings. The Morgan fingerprint density at radius 1 is 1.40 bits per heavy atom. The van der Waals surface area contributed by atoms with Crippen LogP contribution in [0.4, 0.5) is 0 Å². The first-order chi connectivity index (χ1) is 12.0. The van der Waals surface area contributed by atoms with Gasteiger partial charge in [-0.05, 0) is 29.4 Å². The Kier molecular flexibility index (Phi) is 5.67. The van der Waals surface area contributed by atoms with Gasteiger partial charge in [-0.15, -0.1) is 11.3 Å². The van der Waals surface area contributed by atoms with Crippen molar-refractivity contribution >= 4 is 33.3 Å². The summed E-state index contributed by atoms with van der Waals surface area (Å²) >= 11 is 1.66. The van der Waals surface area contributed by atoms with E-state index in [1.807, 2.05) is 17.0 Å². The number of amides is 1. The van der Waals surface area contributed by atoms with Crippen molar-refractivity contribution in [3.05, 3.63) is 35.2 Å². The third kappa shape index (κ3) is 4.56. The summed E-state index contributed by atoms with van der Waals surface area (Å²) in [5.41, 5.74) is 1.07. The number of fused-ring (bicyclic) bond motifs is 1. The number of nitrogens with zero attached hydrogens (tertiary/aromatic N) is 2. The molecule has 1 aliphatic heterocycles. The van der Waals surface area contributed by atoms with Gasteiger partial charge in [0.1, 0.15) is 0 Å². The molecule has 0 spiro atoms. The van der Waals surface area contributed by atoms with Crippen molar-refractivity contribution in [2.75, 3.05) is 39.8 Å². The molecule has 1 unspecified atom stereocenters. The zero-order chi connectivity index (χ0) is 17.8. The van der Waals surface area contributed by atoms with Gasteiger partial charge in [0.05, 0.1) is 25.7 Å². The predicted molar refractivity (Wildman–Crippen MR) is 97.0 cm³/mol. The number of carbonyl (C=O) groups excluding carboxylic acids is 1. The minimum Gasteiger partial charge on any atom is -0.480 e.